The van der Waals surface area contributed by atoms with Crippen LogP contribution in [-0.4, -0.2) is 21.7 Å². The summed E-state index contributed by atoms with van der Waals surface area (Å²) in [6, 6.07) is 0.0154. The molecule has 1 aromatic heterocycles. The summed E-state index contributed by atoms with van der Waals surface area (Å²) in [7, 11) is 1.82. The minimum atomic E-state index is -0.0368. The van der Waals surface area contributed by atoms with Gasteiger partial charge in [-0.3, -0.25) is 9.48 Å². The van der Waals surface area contributed by atoms with Crippen molar-refractivity contribution >= 4 is 11.6 Å². The van der Waals surface area contributed by atoms with Gasteiger partial charge in [-0.25, -0.2) is 0 Å². The van der Waals surface area contributed by atoms with Gasteiger partial charge in [0.05, 0.1) is 17.8 Å². The number of nitrogens with one attached hydrogen (secondary N) is 1. The highest BCUT2D eigenvalue weighted by molar-refractivity contribution is 5.92. The van der Waals surface area contributed by atoms with Gasteiger partial charge in [-0.15, -0.1) is 0 Å². The molecule has 1 aromatic rings. The van der Waals surface area contributed by atoms with E-state index in [9.17, 15) is 4.79 Å². The molecule has 5 nitrogen and oxygen atoms in total. The van der Waals surface area contributed by atoms with Crippen molar-refractivity contribution in [2.45, 2.75) is 25.3 Å². The normalized spacial score (nSPS) is 25.5. The highest BCUT2D eigenvalue weighted by Crippen LogP contribution is 2.25. The van der Waals surface area contributed by atoms with E-state index in [4.69, 9.17) is 5.73 Å². The second-order valence-corrected chi connectivity index (χ2v) is 4.09. The summed E-state index contributed by atoms with van der Waals surface area (Å²) in [5, 5.41) is 6.82. The van der Waals surface area contributed by atoms with Crippen LogP contribution in [0.3, 0.4) is 0 Å². The Morgan fingerprint density at radius 2 is 2.47 bits per heavy atom. The van der Waals surface area contributed by atoms with Crippen LogP contribution >= 0.6 is 0 Å². The number of carbonyl (C=O) groups is 1. The molecule has 2 rings (SSSR count). The van der Waals surface area contributed by atoms with Gasteiger partial charge in [0.2, 0.25) is 5.91 Å². The summed E-state index contributed by atoms with van der Waals surface area (Å²) < 4.78 is 1.66. The number of anilines is 1. The molecule has 1 amide bonds. The molecule has 2 atom stereocenters. The zero-order chi connectivity index (χ0) is 10.8. The summed E-state index contributed by atoms with van der Waals surface area (Å²) in [6.45, 7) is 0. The second kappa shape index (κ2) is 4.02. The molecule has 3 N–H and O–H groups in total. The number of rotatable bonds is 2. The summed E-state index contributed by atoms with van der Waals surface area (Å²) in [4.78, 5) is 11.8. The van der Waals surface area contributed by atoms with Gasteiger partial charge in [-0.2, -0.15) is 5.10 Å². The fourth-order valence-electron chi connectivity index (χ4n) is 2.03. The molecule has 1 heterocycles. The number of hydrogen-bond donors (Lipinski definition) is 2. The second-order valence-electron chi connectivity index (χ2n) is 4.09. The number of nitrogens with zero attached hydrogens (tertiary/aromatic N) is 2. The van der Waals surface area contributed by atoms with Crippen LogP contribution in [0.5, 0.6) is 0 Å². The van der Waals surface area contributed by atoms with E-state index in [1.165, 1.54) is 0 Å². The Bertz CT molecular complexity index is 360. The lowest BCUT2D eigenvalue weighted by molar-refractivity contribution is -0.120. The maximum atomic E-state index is 11.8. The Balaban J connectivity index is 1.97. The maximum absolute atomic E-state index is 11.8. The molecular formula is C10H16N4O. The molecule has 0 radical (unpaired) electrons. The number of aryl methyl sites for hydroxylation is 1. The first kappa shape index (κ1) is 10.2. The molecule has 0 aliphatic heterocycles. The van der Waals surface area contributed by atoms with E-state index in [0.29, 0.717) is 0 Å². The molecule has 82 valence electrons. The fourth-order valence-corrected chi connectivity index (χ4v) is 2.03. The zero-order valence-electron chi connectivity index (χ0n) is 8.81. The van der Waals surface area contributed by atoms with E-state index in [2.05, 4.69) is 10.4 Å². The number of nitrogens with two attached hydrogens (primary N) is 1. The Hall–Kier alpha value is -1.36. The van der Waals surface area contributed by atoms with Gasteiger partial charge in [-0.1, -0.05) is 6.42 Å². The summed E-state index contributed by atoms with van der Waals surface area (Å²) >= 11 is 0. The molecule has 0 spiro atoms. The van der Waals surface area contributed by atoms with E-state index in [-0.39, 0.29) is 17.9 Å². The average molecular weight is 208 g/mol. The number of amides is 1. The lowest BCUT2D eigenvalue weighted by atomic mass is 10.0. The molecule has 2 unspecified atom stereocenters. The fraction of sp³-hybridized carbons (Fsp3) is 0.600. The van der Waals surface area contributed by atoms with Crippen molar-refractivity contribution in [3.63, 3.8) is 0 Å². The van der Waals surface area contributed by atoms with Crippen molar-refractivity contribution in [1.29, 1.82) is 0 Å². The highest BCUT2D eigenvalue weighted by atomic mass is 16.1. The monoisotopic (exact) mass is 208 g/mol. The van der Waals surface area contributed by atoms with Crippen LogP contribution in [0, 0.1) is 5.92 Å². The van der Waals surface area contributed by atoms with Crippen molar-refractivity contribution in [3.8, 4) is 0 Å². The maximum Gasteiger partial charge on any atom is 0.229 e. The average Bonchev–Trinajstić information content (AvgIpc) is 2.75. The summed E-state index contributed by atoms with van der Waals surface area (Å²) in [6.07, 6.45) is 6.31. The molecule has 1 saturated carbocycles. The minimum absolute atomic E-state index is 0.0154. The Labute approximate surface area is 88.6 Å². The number of aromatic nitrogens is 2. The molecule has 1 fully saturated rings. The molecule has 5 heteroatoms. The van der Waals surface area contributed by atoms with Crippen molar-refractivity contribution in [2.24, 2.45) is 18.7 Å². The van der Waals surface area contributed by atoms with Crippen LogP contribution < -0.4 is 11.1 Å². The Morgan fingerprint density at radius 1 is 1.67 bits per heavy atom. The molecule has 0 saturated heterocycles. The molecular weight excluding hydrogens is 192 g/mol. The van der Waals surface area contributed by atoms with Gasteiger partial charge >= 0.3 is 0 Å². The molecule has 15 heavy (non-hydrogen) atoms. The molecule has 1 aliphatic carbocycles. The number of carbonyl (C=O) groups excluding carboxylic acids is 1. The van der Waals surface area contributed by atoms with Crippen LogP contribution in [0.2, 0.25) is 0 Å². The quantitative estimate of drug-likeness (QED) is 0.742. The third kappa shape index (κ3) is 2.18. The molecule has 1 aliphatic rings. The topological polar surface area (TPSA) is 72.9 Å². The first-order valence-corrected chi connectivity index (χ1v) is 5.22. The third-order valence-corrected chi connectivity index (χ3v) is 2.88. The van der Waals surface area contributed by atoms with E-state index in [1.807, 2.05) is 7.05 Å². The Kier molecular flexibility index (Phi) is 2.73. The first-order valence-electron chi connectivity index (χ1n) is 5.22. The lowest BCUT2D eigenvalue weighted by Gasteiger charge is -2.13. The minimum Gasteiger partial charge on any atom is -0.327 e. The Morgan fingerprint density at radius 3 is 3.00 bits per heavy atom. The third-order valence-electron chi connectivity index (χ3n) is 2.88. The predicted molar refractivity (Wildman–Crippen MR) is 57.2 cm³/mol. The van der Waals surface area contributed by atoms with Crippen LogP contribution in [0.25, 0.3) is 0 Å². The van der Waals surface area contributed by atoms with Crippen molar-refractivity contribution in [2.75, 3.05) is 5.32 Å². The van der Waals surface area contributed by atoms with Gasteiger partial charge in [0.1, 0.15) is 0 Å². The van der Waals surface area contributed by atoms with Gasteiger partial charge in [-0.05, 0) is 12.8 Å². The number of hydrogen-bond acceptors (Lipinski definition) is 3. The van der Waals surface area contributed by atoms with Crippen LogP contribution in [-0.2, 0) is 11.8 Å². The first-order chi connectivity index (χ1) is 7.16. The van der Waals surface area contributed by atoms with Gasteiger partial charge in [0.15, 0.2) is 0 Å². The van der Waals surface area contributed by atoms with Gasteiger partial charge < -0.3 is 11.1 Å². The molecule has 0 bridgehead atoms. The van der Waals surface area contributed by atoms with Crippen molar-refractivity contribution in [1.82, 2.24) is 9.78 Å². The standard InChI is InChI=1S/C10H16N4O/c1-14-6-7(5-12-14)13-10(15)8-3-2-4-9(8)11/h5-6,8-9H,2-4,11H2,1H3,(H,13,15). The highest BCUT2D eigenvalue weighted by Gasteiger charge is 2.30. The van der Waals surface area contributed by atoms with Crippen molar-refractivity contribution < 1.29 is 4.79 Å². The van der Waals surface area contributed by atoms with Crippen LogP contribution in [0.4, 0.5) is 5.69 Å². The van der Waals surface area contributed by atoms with E-state index in [0.717, 1.165) is 24.9 Å². The predicted octanol–water partition coefficient (Wildman–Crippen LogP) is 0.486. The van der Waals surface area contributed by atoms with Crippen molar-refractivity contribution in [3.05, 3.63) is 12.4 Å². The SMILES string of the molecule is Cn1cc(NC(=O)C2CCCC2N)cn1. The van der Waals surface area contributed by atoms with Crippen LogP contribution in [0.15, 0.2) is 12.4 Å². The van der Waals surface area contributed by atoms with Gasteiger partial charge in [0.25, 0.3) is 0 Å². The molecule has 0 aromatic carbocycles. The summed E-state index contributed by atoms with van der Waals surface area (Å²) in [5.74, 6) is -0.0155. The zero-order valence-corrected chi connectivity index (χ0v) is 8.81. The van der Waals surface area contributed by atoms with E-state index >= 15 is 0 Å². The van der Waals surface area contributed by atoms with Gasteiger partial charge in [0, 0.05) is 19.3 Å². The van der Waals surface area contributed by atoms with E-state index < -0.39 is 0 Å². The lowest BCUT2D eigenvalue weighted by Crippen LogP contribution is -2.34. The van der Waals surface area contributed by atoms with E-state index in [1.54, 1.807) is 17.1 Å². The van der Waals surface area contributed by atoms with Crippen LogP contribution in [0.1, 0.15) is 19.3 Å². The largest absolute Gasteiger partial charge is 0.327 e. The smallest absolute Gasteiger partial charge is 0.229 e. The summed E-state index contributed by atoms with van der Waals surface area (Å²) in [5.41, 5.74) is 6.59.